The minimum absolute atomic E-state index is 0.0120. The van der Waals surface area contributed by atoms with Crippen molar-refractivity contribution in [2.24, 2.45) is 0 Å². The zero-order chi connectivity index (χ0) is 18.7. The summed E-state index contributed by atoms with van der Waals surface area (Å²) in [5, 5.41) is 24.5. The van der Waals surface area contributed by atoms with Crippen molar-refractivity contribution in [1.82, 2.24) is 20.2 Å². The van der Waals surface area contributed by atoms with Crippen LogP contribution in [0, 0.1) is 0 Å². The number of hydrogen-bond donors (Lipinski definition) is 2. The number of carbonyl (C=O) groups is 1. The number of fused-ring (bicyclic) bond motifs is 1. The maximum absolute atomic E-state index is 12.6. The number of phenolic OH excluding ortho intramolecular Hbond substituents is 1. The largest absolute Gasteiger partial charge is 0.504 e. The number of tetrazole rings is 1. The van der Waals surface area contributed by atoms with Crippen molar-refractivity contribution < 1.29 is 19.4 Å². The van der Waals surface area contributed by atoms with Crippen molar-refractivity contribution in [3.63, 3.8) is 0 Å². The number of rotatable bonds is 6. The average molecular weight is 357 g/mol. The molecule has 1 aliphatic rings. The second-order valence-corrected chi connectivity index (χ2v) is 5.56. The summed E-state index contributed by atoms with van der Waals surface area (Å²) < 4.78 is 12.2. The zero-order valence-electron chi connectivity index (χ0n) is 14.5. The molecule has 1 atom stereocenters. The van der Waals surface area contributed by atoms with Crippen molar-refractivity contribution in [3.05, 3.63) is 47.7 Å². The number of aromatic nitrogens is 4. The molecule has 9 nitrogen and oxygen atoms in total. The molecule has 0 spiro atoms. The van der Waals surface area contributed by atoms with Gasteiger partial charge in [-0.1, -0.05) is 23.8 Å². The summed E-state index contributed by atoms with van der Waals surface area (Å²) >= 11 is 0. The Kier molecular flexibility index (Phi) is 4.87. The highest BCUT2D eigenvalue weighted by molar-refractivity contribution is 5.92. The highest BCUT2D eigenvalue weighted by Crippen LogP contribution is 2.38. The smallest absolute Gasteiger partial charge is 0.338 e. The van der Waals surface area contributed by atoms with Crippen LogP contribution >= 0.6 is 0 Å². The van der Waals surface area contributed by atoms with E-state index in [2.05, 4.69) is 27.4 Å². The van der Waals surface area contributed by atoms with Crippen LogP contribution in [0.4, 0.5) is 5.95 Å². The molecule has 1 aliphatic heterocycles. The second kappa shape index (κ2) is 7.26. The van der Waals surface area contributed by atoms with Gasteiger partial charge in [0.1, 0.15) is 12.6 Å². The van der Waals surface area contributed by atoms with Gasteiger partial charge in [0.15, 0.2) is 11.5 Å². The maximum atomic E-state index is 12.6. The van der Waals surface area contributed by atoms with Crippen LogP contribution < -0.4 is 10.1 Å². The summed E-state index contributed by atoms with van der Waals surface area (Å²) in [5.74, 6) is 0.221. The molecular formula is C17H19N5O4. The lowest BCUT2D eigenvalue weighted by Gasteiger charge is -2.27. The number of carbonyl (C=O) groups excluding carboxylic acids is 1. The molecule has 9 heteroatoms. The first kappa shape index (κ1) is 17.5. The summed E-state index contributed by atoms with van der Waals surface area (Å²) in [4.78, 5) is 12.6. The number of allylic oxidation sites excluding steroid dienone is 1. The molecule has 1 aromatic heterocycles. The summed E-state index contributed by atoms with van der Waals surface area (Å²) in [6, 6.07) is 4.23. The number of phenols is 1. The first-order valence-corrected chi connectivity index (χ1v) is 8.06. The molecule has 2 aromatic rings. The van der Waals surface area contributed by atoms with Gasteiger partial charge in [0.25, 0.3) is 0 Å². The van der Waals surface area contributed by atoms with Crippen molar-refractivity contribution in [1.29, 1.82) is 0 Å². The van der Waals surface area contributed by atoms with Gasteiger partial charge in [0, 0.05) is 5.70 Å². The number of esters is 1. The predicted octanol–water partition coefficient (Wildman–Crippen LogP) is 1.80. The fourth-order valence-electron chi connectivity index (χ4n) is 2.77. The molecule has 0 bridgehead atoms. The van der Waals surface area contributed by atoms with E-state index in [1.807, 2.05) is 6.92 Å². The van der Waals surface area contributed by atoms with Gasteiger partial charge in [-0.2, -0.15) is 4.68 Å². The molecule has 3 rings (SSSR count). The molecule has 0 aliphatic carbocycles. The number of hydrogen-bond acceptors (Lipinski definition) is 8. The molecule has 0 radical (unpaired) electrons. The normalized spacial score (nSPS) is 15.8. The minimum Gasteiger partial charge on any atom is -0.504 e. The van der Waals surface area contributed by atoms with Gasteiger partial charge in [-0.15, -0.1) is 0 Å². The maximum Gasteiger partial charge on any atom is 0.338 e. The highest BCUT2D eigenvalue weighted by Gasteiger charge is 2.35. The van der Waals surface area contributed by atoms with E-state index in [0.717, 1.165) is 0 Å². The number of benzene rings is 1. The van der Waals surface area contributed by atoms with Gasteiger partial charge in [0.2, 0.25) is 5.95 Å². The van der Waals surface area contributed by atoms with E-state index < -0.39 is 12.0 Å². The Balaban J connectivity index is 2.10. The molecule has 26 heavy (non-hydrogen) atoms. The lowest BCUT2D eigenvalue weighted by Crippen LogP contribution is -2.29. The molecular weight excluding hydrogens is 338 g/mol. The van der Waals surface area contributed by atoms with E-state index >= 15 is 0 Å². The average Bonchev–Trinajstić information content (AvgIpc) is 3.08. The van der Waals surface area contributed by atoms with Gasteiger partial charge in [-0.05, 0) is 42.0 Å². The van der Waals surface area contributed by atoms with Crippen LogP contribution in [-0.4, -0.2) is 44.5 Å². The van der Waals surface area contributed by atoms with Gasteiger partial charge < -0.3 is 19.9 Å². The summed E-state index contributed by atoms with van der Waals surface area (Å²) in [5.41, 5.74) is 1.61. The summed E-state index contributed by atoms with van der Waals surface area (Å²) in [7, 11) is 0. The third-order valence-corrected chi connectivity index (χ3v) is 3.87. The highest BCUT2D eigenvalue weighted by atomic mass is 16.5. The van der Waals surface area contributed by atoms with Crippen LogP contribution in [0.15, 0.2) is 42.1 Å². The Morgan fingerprint density at radius 3 is 3.04 bits per heavy atom. The van der Waals surface area contributed by atoms with Gasteiger partial charge >= 0.3 is 5.97 Å². The number of nitrogens with zero attached hydrogens (tertiary/aromatic N) is 4. The van der Waals surface area contributed by atoms with Crippen molar-refractivity contribution in [3.8, 4) is 11.5 Å². The monoisotopic (exact) mass is 357 g/mol. The molecule has 0 saturated carbocycles. The van der Waals surface area contributed by atoms with Gasteiger partial charge in [0.05, 0.1) is 12.2 Å². The lowest BCUT2D eigenvalue weighted by atomic mass is 9.95. The Morgan fingerprint density at radius 1 is 1.50 bits per heavy atom. The molecule has 0 fully saturated rings. The van der Waals surface area contributed by atoms with Crippen LogP contribution in [-0.2, 0) is 9.53 Å². The fraction of sp³-hybridized carbons (Fsp3) is 0.294. The number of aromatic hydroxyl groups is 1. The lowest BCUT2D eigenvalue weighted by molar-refractivity contribution is -0.138. The standard InChI is InChI=1S/C17H19N5O4/c1-4-8-26-16(24)14-10(3)18-17-19-20-21-22(17)15(14)11-6-7-12(23)13(9-11)25-5-2/h4,6-7,9,15,23H,1,5,8H2,2-3H3,(H,18,19,21)/t15-/m1/s1. The predicted molar refractivity (Wildman–Crippen MR) is 92.7 cm³/mol. The zero-order valence-corrected chi connectivity index (χ0v) is 14.5. The van der Waals surface area contributed by atoms with Gasteiger partial charge in [-0.25, -0.2) is 4.79 Å². The quantitative estimate of drug-likeness (QED) is 0.595. The number of anilines is 1. The molecule has 0 saturated heterocycles. The topological polar surface area (TPSA) is 111 Å². The third-order valence-electron chi connectivity index (χ3n) is 3.87. The summed E-state index contributed by atoms with van der Waals surface area (Å²) in [6.45, 7) is 7.60. The Bertz CT molecular complexity index is 874. The minimum atomic E-state index is -0.627. The fourth-order valence-corrected chi connectivity index (χ4v) is 2.77. The summed E-state index contributed by atoms with van der Waals surface area (Å²) in [6.07, 6.45) is 1.50. The van der Waals surface area contributed by atoms with Crippen molar-refractivity contribution in [2.75, 3.05) is 18.5 Å². The van der Waals surface area contributed by atoms with Crippen LogP contribution in [0.3, 0.4) is 0 Å². The van der Waals surface area contributed by atoms with E-state index in [1.165, 1.54) is 16.8 Å². The molecule has 136 valence electrons. The van der Waals surface area contributed by atoms with Crippen LogP contribution in [0.5, 0.6) is 11.5 Å². The first-order valence-electron chi connectivity index (χ1n) is 8.06. The van der Waals surface area contributed by atoms with E-state index in [-0.39, 0.29) is 12.4 Å². The van der Waals surface area contributed by atoms with E-state index in [0.29, 0.717) is 35.1 Å². The van der Waals surface area contributed by atoms with E-state index in [4.69, 9.17) is 9.47 Å². The van der Waals surface area contributed by atoms with Crippen LogP contribution in [0.25, 0.3) is 0 Å². The molecule has 0 unspecified atom stereocenters. The Hall–Kier alpha value is -3.36. The third kappa shape index (κ3) is 3.10. The second-order valence-electron chi connectivity index (χ2n) is 5.56. The molecule has 1 aromatic carbocycles. The number of ether oxygens (including phenoxy) is 2. The molecule has 0 amide bonds. The van der Waals surface area contributed by atoms with Gasteiger partial charge in [-0.3, -0.25) is 0 Å². The Labute approximate surface area is 149 Å². The molecule has 2 N–H and O–H groups in total. The van der Waals surface area contributed by atoms with Crippen LogP contribution in [0.1, 0.15) is 25.5 Å². The SMILES string of the molecule is C=CCOC(=O)C1=C(C)Nc2nnnn2[C@@H]1c1ccc(O)c(OCC)c1. The van der Waals surface area contributed by atoms with E-state index in [9.17, 15) is 9.90 Å². The first-order chi connectivity index (χ1) is 12.6. The Morgan fingerprint density at radius 2 is 2.31 bits per heavy atom. The van der Waals surface area contributed by atoms with Crippen molar-refractivity contribution >= 4 is 11.9 Å². The van der Waals surface area contributed by atoms with E-state index in [1.54, 1.807) is 19.1 Å². The van der Waals surface area contributed by atoms with Crippen molar-refractivity contribution in [2.45, 2.75) is 19.9 Å². The van der Waals surface area contributed by atoms with Crippen LogP contribution in [0.2, 0.25) is 0 Å². The molecule has 2 heterocycles. The number of nitrogens with one attached hydrogen (secondary N) is 1.